The SMILES string of the molecule is CC1(C)c2cc(N(c3ccc(-c4cc(-c5ccccc5)cc(-c5ccccc5)c4)cc3)c3ccc(-c4cccc5c4sc4ccccc45)cc3)ccc2C2C=CC(C3c4ccccc4-c4ccccc43)=CC21. The first-order chi connectivity index (χ1) is 35.4. The van der Waals surface area contributed by atoms with E-state index >= 15 is 0 Å². The number of hydrogen-bond acceptors (Lipinski definition) is 2. The highest BCUT2D eigenvalue weighted by Crippen LogP contribution is 2.58. The molecule has 3 aliphatic rings. The zero-order chi connectivity index (χ0) is 47.9. The van der Waals surface area contributed by atoms with E-state index < -0.39 is 0 Å². The van der Waals surface area contributed by atoms with Crippen LogP contribution in [-0.4, -0.2) is 0 Å². The van der Waals surface area contributed by atoms with E-state index in [0.29, 0.717) is 11.8 Å². The number of fused-ring (bicyclic) bond motifs is 9. The second-order valence-electron chi connectivity index (χ2n) is 20.4. The maximum absolute atomic E-state index is 2.64. The predicted octanol–water partition coefficient (Wildman–Crippen LogP) is 19.5. The molecule has 0 saturated heterocycles. The molecule has 0 N–H and O–H groups in total. The third-order valence-corrected chi connectivity index (χ3v) is 17.3. The van der Waals surface area contributed by atoms with Gasteiger partial charge in [0.25, 0.3) is 0 Å². The Hall–Kier alpha value is -8.30. The Morgan fingerprint density at radius 1 is 0.403 bits per heavy atom. The van der Waals surface area contributed by atoms with Crippen molar-refractivity contribution in [3.8, 4) is 55.6 Å². The van der Waals surface area contributed by atoms with Crippen LogP contribution in [0.3, 0.4) is 0 Å². The highest BCUT2D eigenvalue weighted by Gasteiger charge is 2.46. The number of anilines is 3. The Morgan fingerprint density at radius 3 is 1.56 bits per heavy atom. The molecule has 2 unspecified atom stereocenters. The maximum atomic E-state index is 2.64. The van der Waals surface area contributed by atoms with Crippen LogP contribution in [0.15, 0.2) is 260 Å². The average Bonchev–Trinajstić information content (AvgIpc) is 4.07. The summed E-state index contributed by atoms with van der Waals surface area (Å²) in [6.07, 6.45) is 7.59. The van der Waals surface area contributed by atoms with Gasteiger partial charge in [-0.25, -0.2) is 0 Å². The summed E-state index contributed by atoms with van der Waals surface area (Å²) in [5, 5.41) is 2.64. The standard InChI is InChI=1S/C70H51NS/c1-70(2)65-43-49(68-62-23-11-9-20-57(62)58-21-10-12-24-63(58)68)32-38-59(65)60-39-37-55(44-66(60)70)71(54-35-30-48(31-36-54)56-25-15-26-64-61-22-13-14-27-67(61)72-69(56)64)53-33-28-47(29-34-53)52-41-50(45-16-5-3-6-17-45)40-51(42-52)46-18-7-4-8-19-46/h3-44,59,65,68H,1-2H3. The van der Waals surface area contributed by atoms with Gasteiger partial charge in [-0.1, -0.05) is 208 Å². The van der Waals surface area contributed by atoms with Gasteiger partial charge in [-0.2, -0.15) is 0 Å². The molecule has 10 aromatic carbocycles. The van der Waals surface area contributed by atoms with E-state index in [4.69, 9.17) is 0 Å². The molecule has 3 aliphatic carbocycles. The lowest BCUT2D eigenvalue weighted by atomic mass is 9.71. The van der Waals surface area contributed by atoms with Gasteiger partial charge in [-0.05, 0) is 155 Å². The summed E-state index contributed by atoms with van der Waals surface area (Å²) < 4.78 is 2.66. The normalized spacial score (nSPS) is 16.3. The number of nitrogens with zero attached hydrogens (tertiary/aromatic N) is 1. The topological polar surface area (TPSA) is 3.24 Å². The monoisotopic (exact) mass is 937 g/mol. The first-order valence-electron chi connectivity index (χ1n) is 25.3. The molecule has 342 valence electrons. The fourth-order valence-electron chi connectivity index (χ4n) is 12.5. The van der Waals surface area contributed by atoms with Crippen LogP contribution in [0.4, 0.5) is 17.1 Å². The number of rotatable bonds is 8. The minimum Gasteiger partial charge on any atom is -0.310 e. The molecule has 0 bridgehead atoms. The average molecular weight is 938 g/mol. The van der Waals surface area contributed by atoms with Gasteiger partial charge in [0, 0.05) is 49.1 Å². The van der Waals surface area contributed by atoms with Crippen LogP contribution < -0.4 is 4.90 Å². The quantitative estimate of drug-likeness (QED) is 0.147. The van der Waals surface area contributed by atoms with E-state index in [-0.39, 0.29) is 11.3 Å². The van der Waals surface area contributed by atoms with E-state index in [1.54, 1.807) is 0 Å². The molecule has 2 atom stereocenters. The third kappa shape index (κ3) is 6.96. The molecule has 0 fully saturated rings. The van der Waals surface area contributed by atoms with E-state index in [2.05, 4.69) is 274 Å². The molecule has 2 heteroatoms. The van der Waals surface area contributed by atoms with E-state index in [1.165, 1.54) is 104 Å². The van der Waals surface area contributed by atoms with Crippen molar-refractivity contribution < 1.29 is 0 Å². The molecule has 0 aliphatic heterocycles. The minimum atomic E-state index is -0.105. The Balaban J connectivity index is 0.864. The van der Waals surface area contributed by atoms with Crippen molar-refractivity contribution in [2.24, 2.45) is 5.92 Å². The molecule has 11 aromatic rings. The lowest BCUT2D eigenvalue weighted by molar-refractivity contribution is 0.391. The van der Waals surface area contributed by atoms with Gasteiger partial charge in [-0.3, -0.25) is 0 Å². The van der Waals surface area contributed by atoms with Crippen LogP contribution in [0.25, 0.3) is 75.8 Å². The summed E-state index contributed by atoms with van der Waals surface area (Å²) in [5.41, 5.74) is 22.8. The highest BCUT2D eigenvalue weighted by molar-refractivity contribution is 7.26. The molecular formula is C70H51NS. The summed E-state index contributed by atoms with van der Waals surface area (Å²) in [4.78, 5) is 2.46. The van der Waals surface area contributed by atoms with Crippen molar-refractivity contribution in [2.75, 3.05) is 4.90 Å². The van der Waals surface area contributed by atoms with Crippen LogP contribution >= 0.6 is 11.3 Å². The third-order valence-electron chi connectivity index (χ3n) is 16.1. The Morgan fingerprint density at radius 2 is 0.917 bits per heavy atom. The van der Waals surface area contributed by atoms with E-state index in [9.17, 15) is 0 Å². The zero-order valence-corrected chi connectivity index (χ0v) is 41.2. The summed E-state index contributed by atoms with van der Waals surface area (Å²) in [6.45, 7) is 4.94. The maximum Gasteiger partial charge on any atom is 0.0464 e. The second kappa shape index (κ2) is 16.9. The van der Waals surface area contributed by atoms with Crippen LogP contribution in [0.1, 0.15) is 47.9 Å². The molecule has 0 spiro atoms. The summed E-state index contributed by atoms with van der Waals surface area (Å²) in [7, 11) is 0. The summed E-state index contributed by atoms with van der Waals surface area (Å²) >= 11 is 1.89. The highest BCUT2D eigenvalue weighted by atomic mass is 32.1. The van der Waals surface area contributed by atoms with Crippen molar-refractivity contribution in [1.29, 1.82) is 0 Å². The Labute approximate surface area is 426 Å². The Kier molecular flexibility index (Phi) is 10.0. The lowest BCUT2D eigenvalue weighted by Gasteiger charge is -2.33. The fraction of sp³-hybridized carbons (Fsp3) is 0.0857. The van der Waals surface area contributed by atoms with Crippen molar-refractivity contribution in [2.45, 2.75) is 31.1 Å². The van der Waals surface area contributed by atoms with Crippen LogP contribution in [-0.2, 0) is 5.41 Å². The molecular weight excluding hydrogens is 887 g/mol. The lowest BCUT2D eigenvalue weighted by Crippen LogP contribution is -2.26. The fourth-order valence-corrected chi connectivity index (χ4v) is 13.7. The Bertz CT molecular complexity index is 3850. The van der Waals surface area contributed by atoms with E-state index in [1.807, 2.05) is 11.3 Å². The predicted molar refractivity (Wildman–Crippen MR) is 306 cm³/mol. The van der Waals surface area contributed by atoms with Gasteiger partial charge >= 0.3 is 0 Å². The minimum absolute atomic E-state index is 0.105. The number of benzene rings is 10. The number of hydrogen-bond donors (Lipinski definition) is 0. The van der Waals surface area contributed by atoms with Gasteiger partial charge in [0.2, 0.25) is 0 Å². The molecule has 1 aromatic heterocycles. The summed E-state index contributed by atoms with van der Waals surface area (Å²) in [5.74, 6) is 0.886. The zero-order valence-electron chi connectivity index (χ0n) is 40.3. The van der Waals surface area contributed by atoms with Crippen molar-refractivity contribution in [1.82, 2.24) is 0 Å². The van der Waals surface area contributed by atoms with Crippen molar-refractivity contribution >= 4 is 48.6 Å². The van der Waals surface area contributed by atoms with Crippen molar-refractivity contribution in [3.63, 3.8) is 0 Å². The van der Waals surface area contributed by atoms with Gasteiger partial charge in [0.05, 0.1) is 0 Å². The van der Waals surface area contributed by atoms with Gasteiger partial charge in [0.1, 0.15) is 0 Å². The molecule has 0 radical (unpaired) electrons. The number of allylic oxidation sites excluding steroid dienone is 4. The van der Waals surface area contributed by atoms with Gasteiger partial charge in [0.15, 0.2) is 0 Å². The van der Waals surface area contributed by atoms with Crippen LogP contribution in [0.2, 0.25) is 0 Å². The number of thiophene rings is 1. The first kappa shape index (κ1) is 42.6. The smallest absolute Gasteiger partial charge is 0.0464 e. The molecule has 14 rings (SSSR count). The van der Waals surface area contributed by atoms with Crippen LogP contribution in [0.5, 0.6) is 0 Å². The van der Waals surface area contributed by atoms with Crippen molar-refractivity contribution in [3.05, 3.63) is 283 Å². The molecule has 0 amide bonds. The van der Waals surface area contributed by atoms with Crippen LogP contribution in [0, 0.1) is 5.92 Å². The molecule has 1 heterocycles. The summed E-state index contributed by atoms with van der Waals surface area (Å²) in [6, 6.07) is 87.8. The largest absolute Gasteiger partial charge is 0.310 e. The first-order valence-corrected chi connectivity index (χ1v) is 26.2. The van der Waals surface area contributed by atoms with E-state index in [0.717, 1.165) is 17.1 Å². The second-order valence-corrected chi connectivity index (χ2v) is 21.5. The molecule has 1 nitrogen and oxygen atoms in total. The van der Waals surface area contributed by atoms with Gasteiger partial charge in [-0.15, -0.1) is 11.3 Å². The van der Waals surface area contributed by atoms with Gasteiger partial charge < -0.3 is 4.90 Å². The molecule has 72 heavy (non-hydrogen) atoms. The molecule has 0 saturated carbocycles.